The zero-order valence-corrected chi connectivity index (χ0v) is 18.3. The summed E-state index contributed by atoms with van der Waals surface area (Å²) in [5.74, 6) is 1.61. The Kier molecular flexibility index (Phi) is 6.77. The van der Waals surface area contributed by atoms with Gasteiger partial charge in [-0.3, -0.25) is 4.79 Å². The number of aromatic nitrogens is 2. The van der Waals surface area contributed by atoms with E-state index in [0.717, 1.165) is 22.9 Å². The average molecular weight is 408 g/mol. The number of likely N-dealkylation sites (N-methyl/N-ethyl adjacent to an activating group) is 1. The van der Waals surface area contributed by atoms with Crippen molar-refractivity contribution in [3.8, 4) is 17.2 Å². The second-order valence-corrected chi connectivity index (χ2v) is 7.60. The molecule has 0 unspecified atom stereocenters. The topological polar surface area (TPSA) is 56.6 Å². The van der Waals surface area contributed by atoms with Crippen LogP contribution in [-0.4, -0.2) is 47.9 Å². The van der Waals surface area contributed by atoms with Crippen molar-refractivity contribution in [3.05, 3.63) is 71.5 Å². The van der Waals surface area contributed by atoms with Crippen LogP contribution < -0.4 is 9.47 Å². The molecule has 0 fully saturated rings. The fraction of sp³-hybridized carbons (Fsp3) is 0.333. The number of carbonyl (C=O) groups excluding carboxylic acids is 1. The highest BCUT2D eigenvalue weighted by Gasteiger charge is 2.23. The summed E-state index contributed by atoms with van der Waals surface area (Å²) in [6, 6.07) is 15.5. The molecule has 1 amide bonds. The minimum atomic E-state index is -0.0598. The Morgan fingerprint density at radius 1 is 1.07 bits per heavy atom. The SMILES string of the molecule is COc1ccc(OCCN(C)C(=O)c2cnn(-c3ccc(C)cc3)c2C(C)C)cc1. The van der Waals surface area contributed by atoms with E-state index < -0.39 is 0 Å². The lowest BCUT2D eigenvalue weighted by Gasteiger charge is -2.19. The molecule has 1 heterocycles. The van der Waals surface area contributed by atoms with E-state index in [1.165, 1.54) is 5.56 Å². The summed E-state index contributed by atoms with van der Waals surface area (Å²) in [6.45, 7) is 7.07. The quantitative estimate of drug-likeness (QED) is 0.553. The molecule has 158 valence electrons. The van der Waals surface area contributed by atoms with E-state index in [1.807, 2.05) is 60.1 Å². The normalized spacial score (nSPS) is 10.9. The molecule has 0 spiro atoms. The fourth-order valence-corrected chi connectivity index (χ4v) is 3.25. The number of methoxy groups -OCH3 is 1. The van der Waals surface area contributed by atoms with E-state index in [1.54, 1.807) is 25.3 Å². The van der Waals surface area contributed by atoms with Gasteiger partial charge in [0, 0.05) is 7.05 Å². The average Bonchev–Trinajstić information content (AvgIpc) is 3.19. The van der Waals surface area contributed by atoms with Crippen LogP contribution in [0.5, 0.6) is 11.5 Å². The second-order valence-electron chi connectivity index (χ2n) is 7.60. The highest BCUT2D eigenvalue weighted by Crippen LogP contribution is 2.24. The first-order chi connectivity index (χ1) is 14.4. The first-order valence-corrected chi connectivity index (χ1v) is 10.1. The second kappa shape index (κ2) is 9.48. The molecule has 3 aromatic rings. The number of carbonyl (C=O) groups is 1. The van der Waals surface area contributed by atoms with Gasteiger partial charge in [0.05, 0.1) is 36.8 Å². The van der Waals surface area contributed by atoms with Gasteiger partial charge in [-0.05, 0) is 49.2 Å². The van der Waals surface area contributed by atoms with Gasteiger partial charge >= 0.3 is 0 Å². The maximum atomic E-state index is 13.1. The molecule has 6 nitrogen and oxygen atoms in total. The lowest BCUT2D eigenvalue weighted by atomic mass is 10.0. The Labute approximate surface area is 178 Å². The Morgan fingerprint density at radius 2 is 1.70 bits per heavy atom. The van der Waals surface area contributed by atoms with Crippen molar-refractivity contribution in [2.24, 2.45) is 0 Å². The summed E-state index contributed by atoms with van der Waals surface area (Å²) in [6.07, 6.45) is 1.67. The van der Waals surface area contributed by atoms with Gasteiger partial charge in [0.15, 0.2) is 0 Å². The predicted molar refractivity (Wildman–Crippen MR) is 118 cm³/mol. The molecule has 0 atom stereocenters. The summed E-state index contributed by atoms with van der Waals surface area (Å²) < 4.78 is 12.8. The van der Waals surface area contributed by atoms with Crippen LogP contribution in [-0.2, 0) is 0 Å². The van der Waals surface area contributed by atoms with Crippen LogP contribution in [0.4, 0.5) is 0 Å². The number of hydrogen-bond donors (Lipinski definition) is 0. The summed E-state index contributed by atoms with van der Waals surface area (Å²) in [4.78, 5) is 14.8. The van der Waals surface area contributed by atoms with Crippen molar-refractivity contribution < 1.29 is 14.3 Å². The summed E-state index contributed by atoms with van der Waals surface area (Å²) in [5, 5.41) is 4.51. The Bertz CT molecular complexity index is 976. The largest absolute Gasteiger partial charge is 0.497 e. The molecule has 0 aliphatic heterocycles. The molecule has 2 aromatic carbocycles. The molecule has 0 aliphatic rings. The van der Waals surface area contributed by atoms with Crippen LogP contribution in [0.1, 0.15) is 41.4 Å². The van der Waals surface area contributed by atoms with Crippen LogP contribution in [0.3, 0.4) is 0 Å². The molecular weight excluding hydrogens is 378 g/mol. The van der Waals surface area contributed by atoms with E-state index >= 15 is 0 Å². The van der Waals surface area contributed by atoms with Crippen LogP contribution in [0.15, 0.2) is 54.7 Å². The molecule has 30 heavy (non-hydrogen) atoms. The minimum absolute atomic E-state index is 0.0598. The van der Waals surface area contributed by atoms with Gasteiger partial charge in [-0.15, -0.1) is 0 Å². The molecule has 0 aliphatic carbocycles. The fourth-order valence-electron chi connectivity index (χ4n) is 3.25. The van der Waals surface area contributed by atoms with E-state index in [2.05, 4.69) is 18.9 Å². The minimum Gasteiger partial charge on any atom is -0.497 e. The molecule has 0 saturated heterocycles. The Morgan fingerprint density at radius 3 is 2.30 bits per heavy atom. The number of hydrogen-bond acceptors (Lipinski definition) is 4. The van der Waals surface area contributed by atoms with E-state index in [9.17, 15) is 4.79 Å². The maximum Gasteiger partial charge on any atom is 0.257 e. The third kappa shape index (κ3) is 4.82. The molecule has 3 rings (SSSR count). The lowest BCUT2D eigenvalue weighted by Crippen LogP contribution is -2.31. The standard InChI is InChI=1S/C24H29N3O3/c1-17(2)23-22(16-25-27(23)19-8-6-18(3)7-9-19)24(28)26(4)14-15-30-21-12-10-20(29-5)11-13-21/h6-13,16-17H,14-15H2,1-5H3. The van der Waals surface area contributed by atoms with Gasteiger partial charge in [0.2, 0.25) is 0 Å². The van der Waals surface area contributed by atoms with Crippen molar-refractivity contribution in [2.45, 2.75) is 26.7 Å². The number of nitrogens with zero attached hydrogens (tertiary/aromatic N) is 3. The summed E-state index contributed by atoms with van der Waals surface area (Å²) in [7, 11) is 3.41. The monoisotopic (exact) mass is 407 g/mol. The number of rotatable bonds is 8. The van der Waals surface area contributed by atoms with E-state index in [0.29, 0.717) is 18.7 Å². The first-order valence-electron chi connectivity index (χ1n) is 10.1. The molecule has 1 aromatic heterocycles. The lowest BCUT2D eigenvalue weighted by molar-refractivity contribution is 0.0772. The van der Waals surface area contributed by atoms with Gasteiger partial charge in [0.1, 0.15) is 18.1 Å². The molecular formula is C24H29N3O3. The summed E-state index contributed by atoms with van der Waals surface area (Å²) in [5.41, 5.74) is 3.67. The smallest absolute Gasteiger partial charge is 0.257 e. The zero-order valence-electron chi connectivity index (χ0n) is 18.3. The first kappa shape index (κ1) is 21.4. The molecule has 6 heteroatoms. The molecule has 0 bridgehead atoms. The highest BCUT2D eigenvalue weighted by molar-refractivity contribution is 5.95. The van der Waals surface area contributed by atoms with Gasteiger partial charge in [-0.2, -0.15) is 5.10 Å². The predicted octanol–water partition coefficient (Wildman–Crippen LogP) is 4.46. The van der Waals surface area contributed by atoms with Crippen LogP contribution in [0, 0.1) is 6.92 Å². The van der Waals surface area contributed by atoms with Gasteiger partial charge < -0.3 is 14.4 Å². The van der Waals surface area contributed by atoms with Crippen molar-refractivity contribution >= 4 is 5.91 Å². The molecule has 0 saturated carbocycles. The van der Waals surface area contributed by atoms with Crippen molar-refractivity contribution in [3.63, 3.8) is 0 Å². The van der Waals surface area contributed by atoms with Gasteiger partial charge in [0.25, 0.3) is 5.91 Å². The Hall–Kier alpha value is -3.28. The highest BCUT2D eigenvalue weighted by atomic mass is 16.5. The van der Waals surface area contributed by atoms with Crippen LogP contribution >= 0.6 is 0 Å². The van der Waals surface area contributed by atoms with Crippen LogP contribution in [0.2, 0.25) is 0 Å². The third-order valence-corrected chi connectivity index (χ3v) is 4.96. The van der Waals surface area contributed by atoms with Crippen molar-refractivity contribution in [2.75, 3.05) is 27.3 Å². The number of amides is 1. The van der Waals surface area contributed by atoms with Gasteiger partial charge in [-0.1, -0.05) is 31.5 Å². The number of benzene rings is 2. The molecule has 0 radical (unpaired) electrons. The number of ether oxygens (including phenoxy) is 2. The maximum absolute atomic E-state index is 13.1. The van der Waals surface area contributed by atoms with Crippen molar-refractivity contribution in [1.82, 2.24) is 14.7 Å². The van der Waals surface area contributed by atoms with Crippen molar-refractivity contribution in [1.29, 1.82) is 0 Å². The third-order valence-electron chi connectivity index (χ3n) is 4.96. The molecule has 0 N–H and O–H groups in total. The zero-order chi connectivity index (χ0) is 21.7. The summed E-state index contributed by atoms with van der Waals surface area (Å²) >= 11 is 0. The van der Waals surface area contributed by atoms with E-state index in [4.69, 9.17) is 9.47 Å². The Balaban J connectivity index is 1.69. The van der Waals surface area contributed by atoms with E-state index in [-0.39, 0.29) is 11.8 Å². The van der Waals surface area contributed by atoms with Gasteiger partial charge in [-0.25, -0.2) is 4.68 Å². The van der Waals surface area contributed by atoms with Crippen LogP contribution in [0.25, 0.3) is 5.69 Å². The number of aryl methyl sites for hydroxylation is 1.